The first-order valence-corrected chi connectivity index (χ1v) is 7.60. The van der Waals surface area contributed by atoms with Crippen molar-refractivity contribution in [1.82, 2.24) is 14.8 Å². The fourth-order valence-corrected chi connectivity index (χ4v) is 2.93. The fourth-order valence-electron chi connectivity index (χ4n) is 2.93. The summed E-state index contributed by atoms with van der Waals surface area (Å²) in [5.41, 5.74) is 2.07. The van der Waals surface area contributed by atoms with Crippen LogP contribution in [0.5, 0.6) is 11.6 Å². The number of fused-ring (bicyclic) bond motifs is 1. The maximum absolute atomic E-state index is 13.2. The minimum absolute atomic E-state index is 0.113. The van der Waals surface area contributed by atoms with Crippen LogP contribution in [-0.4, -0.2) is 27.0 Å². The van der Waals surface area contributed by atoms with Crippen LogP contribution in [-0.2, 0) is 0 Å². The van der Waals surface area contributed by atoms with E-state index in [9.17, 15) is 9.50 Å². The molecule has 1 saturated carbocycles. The minimum Gasteiger partial charge on any atom is -0.507 e. The molecule has 0 spiro atoms. The Hall–Kier alpha value is -2.63. The number of benzene rings is 1. The molecule has 0 amide bonds. The van der Waals surface area contributed by atoms with E-state index < -0.39 is 0 Å². The first-order valence-electron chi connectivity index (χ1n) is 7.60. The van der Waals surface area contributed by atoms with E-state index in [0.29, 0.717) is 28.5 Å². The van der Waals surface area contributed by atoms with E-state index in [1.165, 1.54) is 31.7 Å². The molecule has 0 saturated heterocycles. The van der Waals surface area contributed by atoms with E-state index in [1.54, 1.807) is 16.8 Å². The molecule has 4 rings (SSSR count). The highest BCUT2D eigenvalue weighted by Crippen LogP contribution is 2.42. The van der Waals surface area contributed by atoms with Gasteiger partial charge in [0.1, 0.15) is 11.6 Å². The molecule has 0 unspecified atom stereocenters. The van der Waals surface area contributed by atoms with Crippen LogP contribution < -0.4 is 4.74 Å². The van der Waals surface area contributed by atoms with Crippen molar-refractivity contribution in [2.24, 2.45) is 0 Å². The molecule has 1 N–H and O–H groups in total. The van der Waals surface area contributed by atoms with Gasteiger partial charge in [-0.1, -0.05) is 6.42 Å². The fraction of sp³-hybridized carbons (Fsp3) is 0.294. The molecule has 1 aliphatic carbocycles. The van der Waals surface area contributed by atoms with Crippen molar-refractivity contribution in [2.75, 3.05) is 7.11 Å². The minimum atomic E-state index is -0.308. The second kappa shape index (κ2) is 5.22. The van der Waals surface area contributed by atoms with Gasteiger partial charge in [-0.05, 0) is 37.1 Å². The first kappa shape index (κ1) is 14.0. The van der Waals surface area contributed by atoms with Gasteiger partial charge in [-0.15, -0.1) is 0 Å². The van der Waals surface area contributed by atoms with Gasteiger partial charge in [-0.2, -0.15) is 10.1 Å². The van der Waals surface area contributed by atoms with Gasteiger partial charge in [0.05, 0.1) is 23.9 Å². The molecule has 2 aromatic heterocycles. The summed E-state index contributed by atoms with van der Waals surface area (Å²) in [6, 6.07) is 7.55. The van der Waals surface area contributed by atoms with Gasteiger partial charge in [0, 0.05) is 12.0 Å². The van der Waals surface area contributed by atoms with Gasteiger partial charge in [0.15, 0.2) is 5.65 Å². The monoisotopic (exact) mass is 313 g/mol. The number of pyridine rings is 1. The summed E-state index contributed by atoms with van der Waals surface area (Å²) in [7, 11) is 1.50. The molecule has 0 bridgehead atoms. The van der Waals surface area contributed by atoms with Crippen LogP contribution >= 0.6 is 0 Å². The first-order chi connectivity index (χ1) is 11.2. The number of halogens is 1. The van der Waals surface area contributed by atoms with Gasteiger partial charge in [-0.3, -0.25) is 0 Å². The smallest absolute Gasteiger partial charge is 0.218 e. The molecule has 1 aromatic carbocycles. The maximum atomic E-state index is 13.2. The molecular weight excluding hydrogens is 297 g/mol. The van der Waals surface area contributed by atoms with Gasteiger partial charge in [0.2, 0.25) is 5.88 Å². The number of ether oxygens (including phenoxy) is 1. The normalized spacial score (nSPS) is 14.9. The summed E-state index contributed by atoms with van der Waals surface area (Å²) >= 11 is 0. The third-order valence-corrected chi connectivity index (χ3v) is 4.39. The molecular formula is C17H16FN3O2. The molecule has 0 atom stereocenters. The van der Waals surface area contributed by atoms with Crippen LogP contribution in [0.25, 0.3) is 16.7 Å². The summed E-state index contributed by atoms with van der Waals surface area (Å²) in [4.78, 5) is 4.44. The predicted molar refractivity (Wildman–Crippen MR) is 83.6 cm³/mol. The van der Waals surface area contributed by atoms with Gasteiger partial charge in [0.25, 0.3) is 0 Å². The molecule has 118 valence electrons. The zero-order chi connectivity index (χ0) is 16.0. The lowest BCUT2D eigenvalue weighted by atomic mass is 9.82. The van der Waals surface area contributed by atoms with E-state index >= 15 is 0 Å². The van der Waals surface area contributed by atoms with Crippen molar-refractivity contribution < 1.29 is 14.2 Å². The van der Waals surface area contributed by atoms with Crippen molar-refractivity contribution in [3.8, 4) is 17.3 Å². The van der Waals surface area contributed by atoms with Crippen LogP contribution in [0, 0.1) is 5.82 Å². The Kier molecular flexibility index (Phi) is 3.18. The van der Waals surface area contributed by atoms with Crippen LogP contribution in [0.1, 0.15) is 30.9 Å². The Morgan fingerprint density at radius 3 is 2.61 bits per heavy atom. The summed E-state index contributed by atoms with van der Waals surface area (Å²) in [6.07, 6.45) is 3.28. The average Bonchev–Trinajstić information content (AvgIpc) is 2.86. The van der Waals surface area contributed by atoms with Crippen molar-refractivity contribution in [3.63, 3.8) is 0 Å². The van der Waals surface area contributed by atoms with Crippen LogP contribution in [0.4, 0.5) is 4.39 Å². The Balaban J connectivity index is 1.98. The van der Waals surface area contributed by atoms with Gasteiger partial charge >= 0.3 is 0 Å². The lowest BCUT2D eigenvalue weighted by molar-refractivity contribution is 0.393. The summed E-state index contributed by atoms with van der Waals surface area (Å²) in [5, 5.41) is 15.7. The molecule has 23 heavy (non-hydrogen) atoms. The number of nitrogens with zero attached hydrogens (tertiary/aromatic N) is 3. The second-order valence-corrected chi connectivity index (χ2v) is 5.78. The number of aromatic nitrogens is 3. The van der Waals surface area contributed by atoms with E-state index in [-0.39, 0.29) is 11.6 Å². The lowest BCUT2D eigenvalue weighted by Crippen LogP contribution is -2.10. The third-order valence-electron chi connectivity index (χ3n) is 4.39. The Bertz CT molecular complexity index is 870. The van der Waals surface area contributed by atoms with Crippen molar-refractivity contribution in [3.05, 3.63) is 41.8 Å². The summed E-state index contributed by atoms with van der Waals surface area (Å²) < 4.78 is 20.0. The molecule has 0 aliphatic heterocycles. The Labute approximate surface area is 132 Å². The highest BCUT2D eigenvalue weighted by atomic mass is 19.1. The van der Waals surface area contributed by atoms with Crippen LogP contribution in [0.15, 0.2) is 30.3 Å². The summed E-state index contributed by atoms with van der Waals surface area (Å²) in [6.45, 7) is 0. The van der Waals surface area contributed by atoms with Crippen molar-refractivity contribution >= 4 is 11.0 Å². The number of hydrogen-bond donors (Lipinski definition) is 1. The topological polar surface area (TPSA) is 60.2 Å². The number of aromatic hydroxyl groups is 1. The highest BCUT2D eigenvalue weighted by Gasteiger charge is 2.28. The second-order valence-electron chi connectivity index (χ2n) is 5.78. The zero-order valence-corrected chi connectivity index (χ0v) is 12.7. The quantitative estimate of drug-likeness (QED) is 0.803. The molecule has 0 radical (unpaired) electrons. The predicted octanol–water partition coefficient (Wildman–Crippen LogP) is 3.54. The van der Waals surface area contributed by atoms with E-state index in [0.717, 1.165) is 18.5 Å². The highest BCUT2D eigenvalue weighted by molar-refractivity contribution is 5.87. The molecule has 6 heteroatoms. The largest absolute Gasteiger partial charge is 0.507 e. The van der Waals surface area contributed by atoms with Crippen molar-refractivity contribution in [1.29, 1.82) is 0 Å². The SMILES string of the molecule is COc1cc(O)c2c(C3CCC3)nn(-c3ccc(F)cc3)c2n1. The van der Waals surface area contributed by atoms with Crippen LogP contribution in [0.2, 0.25) is 0 Å². The number of rotatable bonds is 3. The van der Waals surface area contributed by atoms with Crippen molar-refractivity contribution in [2.45, 2.75) is 25.2 Å². The van der Waals surface area contributed by atoms with E-state index in [1.807, 2.05) is 0 Å². The zero-order valence-electron chi connectivity index (χ0n) is 12.7. The lowest BCUT2D eigenvalue weighted by Gasteiger charge is -2.23. The standard InChI is InChI=1S/C17H16FN3O2/c1-23-14-9-13(22)15-16(10-3-2-4-10)20-21(17(15)19-14)12-7-5-11(18)6-8-12/h5-10H,2-4H2,1H3,(H,19,22). The summed E-state index contributed by atoms with van der Waals surface area (Å²) in [5.74, 6) is 0.457. The van der Waals surface area contributed by atoms with Gasteiger partial charge < -0.3 is 9.84 Å². The Morgan fingerprint density at radius 2 is 2.00 bits per heavy atom. The molecule has 3 aromatic rings. The molecule has 1 aliphatic rings. The van der Waals surface area contributed by atoms with Gasteiger partial charge in [-0.25, -0.2) is 9.07 Å². The van der Waals surface area contributed by atoms with E-state index in [4.69, 9.17) is 4.74 Å². The Morgan fingerprint density at radius 1 is 1.26 bits per heavy atom. The maximum Gasteiger partial charge on any atom is 0.218 e. The average molecular weight is 313 g/mol. The van der Waals surface area contributed by atoms with E-state index in [2.05, 4.69) is 10.1 Å². The number of hydrogen-bond acceptors (Lipinski definition) is 4. The number of methoxy groups -OCH3 is 1. The van der Waals surface area contributed by atoms with Crippen LogP contribution in [0.3, 0.4) is 0 Å². The third kappa shape index (κ3) is 2.21. The molecule has 2 heterocycles. The molecule has 5 nitrogen and oxygen atoms in total. The molecule has 1 fully saturated rings.